The molecule has 0 unspecified atom stereocenters. The number of carbonyl (C=O) groups is 2. The Morgan fingerprint density at radius 1 is 1.09 bits per heavy atom. The van der Waals surface area contributed by atoms with Gasteiger partial charge in [-0.3, -0.25) is 4.79 Å². The van der Waals surface area contributed by atoms with Crippen LogP contribution in [-0.4, -0.2) is 17.0 Å². The number of nitrogens with one attached hydrogen (secondary N) is 1. The van der Waals surface area contributed by atoms with Gasteiger partial charge < -0.3 is 15.2 Å². The van der Waals surface area contributed by atoms with Crippen LogP contribution in [0.4, 0.5) is 5.69 Å². The van der Waals surface area contributed by atoms with Gasteiger partial charge >= 0.3 is 5.97 Å². The third kappa shape index (κ3) is 7.02. The first-order chi connectivity index (χ1) is 15.8. The summed E-state index contributed by atoms with van der Waals surface area (Å²) in [5.41, 5.74) is 2.32. The van der Waals surface area contributed by atoms with E-state index in [-0.39, 0.29) is 17.7 Å². The van der Waals surface area contributed by atoms with Crippen molar-refractivity contribution in [2.45, 2.75) is 6.61 Å². The Morgan fingerprint density at radius 3 is 2.33 bits per heavy atom. The summed E-state index contributed by atoms with van der Waals surface area (Å²) >= 11 is 7.63. The van der Waals surface area contributed by atoms with E-state index in [1.165, 1.54) is 18.2 Å². The number of hydrogen-bond acceptors (Lipinski definition) is 4. The number of carboxylic acid groups (broad SMARTS) is 1. The second kappa shape index (κ2) is 11.6. The summed E-state index contributed by atoms with van der Waals surface area (Å²) in [4.78, 5) is 23.5. The summed E-state index contributed by atoms with van der Waals surface area (Å²) in [6.07, 6.45) is 1.53. The van der Waals surface area contributed by atoms with Crippen molar-refractivity contribution >= 4 is 84.8 Å². The number of nitrogens with zero attached hydrogens (tertiary/aromatic N) is 1. The minimum absolute atomic E-state index is 0.0197. The molecule has 3 rings (SSSR count). The Balaban J connectivity index is 1.75. The Hall–Kier alpha value is -2.43. The highest BCUT2D eigenvalue weighted by Crippen LogP contribution is 2.30. The van der Waals surface area contributed by atoms with Crippen LogP contribution >= 0.6 is 61.1 Å². The lowest BCUT2D eigenvalue weighted by atomic mass is 10.1. The van der Waals surface area contributed by atoms with Gasteiger partial charge in [0.2, 0.25) is 0 Å². The van der Waals surface area contributed by atoms with Crippen LogP contribution in [0.5, 0.6) is 5.75 Å². The lowest BCUT2D eigenvalue weighted by Crippen LogP contribution is -2.13. The van der Waals surface area contributed by atoms with Crippen molar-refractivity contribution in [2.75, 3.05) is 5.32 Å². The number of carboxylic acids is 1. The van der Waals surface area contributed by atoms with E-state index in [0.29, 0.717) is 17.0 Å². The highest BCUT2D eigenvalue weighted by Gasteiger charge is 2.13. The molecule has 0 bridgehead atoms. The standard InChI is InChI=1S/C24H15BrI2N2O4/c25-18-2-1-3-19(11-18)29-23(30)17(12-28)8-15-9-20(26)22(21(27)10-15)33-13-14-4-6-16(7-5-14)24(31)32/h1-11H,13H2,(H,29,30)(H,31,32)/b17-8-. The van der Waals surface area contributed by atoms with Crippen molar-refractivity contribution in [1.82, 2.24) is 0 Å². The van der Waals surface area contributed by atoms with Gasteiger partial charge in [-0.15, -0.1) is 0 Å². The van der Waals surface area contributed by atoms with Crippen molar-refractivity contribution < 1.29 is 19.4 Å². The number of benzene rings is 3. The van der Waals surface area contributed by atoms with E-state index in [9.17, 15) is 14.9 Å². The average Bonchev–Trinajstić information content (AvgIpc) is 2.77. The molecule has 0 aliphatic heterocycles. The summed E-state index contributed by atoms with van der Waals surface area (Å²) in [5.74, 6) is -0.796. The topological polar surface area (TPSA) is 99.4 Å². The van der Waals surface area contributed by atoms with Gasteiger partial charge in [0, 0.05) is 10.2 Å². The predicted octanol–water partition coefficient (Wildman–Crippen LogP) is 6.48. The Bertz CT molecular complexity index is 1260. The van der Waals surface area contributed by atoms with Crippen molar-refractivity contribution in [3.63, 3.8) is 0 Å². The number of anilines is 1. The maximum Gasteiger partial charge on any atom is 0.335 e. The molecule has 0 atom stereocenters. The minimum atomic E-state index is -0.975. The van der Waals surface area contributed by atoms with E-state index in [0.717, 1.165) is 17.2 Å². The number of nitriles is 1. The number of hydrogen-bond donors (Lipinski definition) is 2. The zero-order valence-corrected chi connectivity index (χ0v) is 22.7. The second-order valence-electron chi connectivity index (χ2n) is 6.74. The summed E-state index contributed by atoms with van der Waals surface area (Å²) < 4.78 is 8.40. The molecule has 0 aromatic heterocycles. The van der Waals surface area contributed by atoms with E-state index < -0.39 is 11.9 Å². The first-order valence-electron chi connectivity index (χ1n) is 9.39. The fourth-order valence-corrected chi connectivity index (χ4v) is 5.31. The highest BCUT2D eigenvalue weighted by atomic mass is 127. The minimum Gasteiger partial charge on any atom is -0.487 e. The molecular weight excluding hydrogens is 714 g/mol. The molecule has 0 fully saturated rings. The summed E-state index contributed by atoms with van der Waals surface area (Å²) in [6.45, 7) is 0.277. The van der Waals surface area contributed by atoms with Gasteiger partial charge in [-0.2, -0.15) is 5.26 Å². The van der Waals surface area contributed by atoms with Crippen LogP contribution < -0.4 is 10.1 Å². The molecule has 0 heterocycles. The number of aromatic carboxylic acids is 1. The van der Waals surface area contributed by atoms with Gasteiger partial charge in [-0.25, -0.2) is 4.79 Å². The van der Waals surface area contributed by atoms with E-state index in [1.807, 2.05) is 24.3 Å². The van der Waals surface area contributed by atoms with Crippen LogP contribution in [0.25, 0.3) is 6.08 Å². The molecule has 9 heteroatoms. The molecule has 0 aliphatic rings. The van der Waals surface area contributed by atoms with Crippen LogP contribution in [0.15, 0.2) is 70.7 Å². The average molecular weight is 729 g/mol. The second-order valence-corrected chi connectivity index (χ2v) is 9.98. The summed E-state index contributed by atoms with van der Waals surface area (Å²) in [5, 5.41) is 21.2. The van der Waals surface area contributed by atoms with Crippen LogP contribution in [0, 0.1) is 18.5 Å². The fourth-order valence-electron chi connectivity index (χ4n) is 2.78. The molecule has 1 amide bonds. The number of amides is 1. The van der Waals surface area contributed by atoms with Crippen molar-refractivity contribution in [1.29, 1.82) is 5.26 Å². The van der Waals surface area contributed by atoms with Crippen molar-refractivity contribution in [3.8, 4) is 11.8 Å². The number of carbonyl (C=O) groups excluding carboxylic acids is 1. The molecule has 0 saturated carbocycles. The molecule has 2 N–H and O–H groups in total. The van der Waals surface area contributed by atoms with E-state index in [2.05, 4.69) is 66.4 Å². The molecule has 33 heavy (non-hydrogen) atoms. The smallest absolute Gasteiger partial charge is 0.335 e. The zero-order valence-electron chi connectivity index (χ0n) is 16.8. The molecule has 166 valence electrons. The molecule has 0 radical (unpaired) electrons. The van der Waals surface area contributed by atoms with Gasteiger partial charge in [-0.1, -0.05) is 34.1 Å². The van der Waals surface area contributed by atoms with Crippen molar-refractivity contribution in [2.24, 2.45) is 0 Å². The molecule has 3 aromatic carbocycles. The first-order valence-corrected chi connectivity index (χ1v) is 12.3. The monoisotopic (exact) mass is 728 g/mol. The zero-order chi connectivity index (χ0) is 24.0. The van der Waals surface area contributed by atoms with Crippen LogP contribution in [0.1, 0.15) is 21.5 Å². The van der Waals surface area contributed by atoms with Crippen molar-refractivity contribution in [3.05, 3.63) is 94.5 Å². The molecule has 0 saturated heterocycles. The van der Waals surface area contributed by atoms with Crippen LogP contribution in [0.3, 0.4) is 0 Å². The summed E-state index contributed by atoms with van der Waals surface area (Å²) in [7, 11) is 0. The van der Waals surface area contributed by atoms with Gasteiger partial charge in [0.15, 0.2) is 0 Å². The number of halogens is 3. The first kappa shape index (κ1) is 25.2. The maximum atomic E-state index is 12.5. The van der Waals surface area contributed by atoms with Gasteiger partial charge in [0.25, 0.3) is 5.91 Å². The van der Waals surface area contributed by atoms with Crippen LogP contribution in [0.2, 0.25) is 0 Å². The van der Waals surface area contributed by atoms with E-state index in [1.54, 1.807) is 30.3 Å². The third-order valence-corrected chi connectivity index (χ3v) is 6.46. The third-order valence-electron chi connectivity index (χ3n) is 4.36. The van der Waals surface area contributed by atoms with E-state index >= 15 is 0 Å². The van der Waals surface area contributed by atoms with Gasteiger partial charge in [0.05, 0.1) is 12.7 Å². The summed E-state index contributed by atoms with van der Waals surface area (Å²) in [6, 6.07) is 19.2. The van der Waals surface area contributed by atoms with Crippen LogP contribution in [-0.2, 0) is 11.4 Å². The van der Waals surface area contributed by atoms with E-state index in [4.69, 9.17) is 9.84 Å². The predicted molar refractivity (Wildman–Crippen MR) is 146 cm³/mol. The quantitative estimate of drug-likeness (QED) is 0.165. The molecule has 3 aromatic rings. The largest absolute Gasteiger partial charge is 0.487 e. The maximum absolute atomic E-state index is 12.5. The SMILES string of the molecule is N#C/C(=C/c1cc(I)c(OCc2ccc(C(=O)O)cc2)c(I)c1)C(=O)Nc1cccc(Br)c1. The molecule has 0 spiro atoms. The Labute approximate surface area is 226 Å². The molecule has 0 aliphatic carbocycles. The Kier molecular flexibility index (Phi) is 8.87. The highest BCUT2D eigenvalue weighted by molar-refractivity contribution is 14.1. The lowest BCUT2D eigenvalue weighted by Gasteiger charge is -2.12. The lowest BCUT2D eigenvalue weighted by molar-refractivity contribution is -0.112. The number of ether oxygens (including phenoxy) is 1. The van der Waals surface area contributed by atoms with Gasteiger partial charge in [0.1, 0.15) is 24.0 Å². The van der Waals surface area contributed by atoms with Gasteiger partial charge in [-0.05, 0) is 105 Å². The molecule has 6 nitrogen and oxygen atoms in total. The normalized spacial score (nSPS) is 10.9. The fraction of sp³-hybridized carbons (Fsp3) is 0.0417. The Morgan fingerprint density at radius 2 is 1.76 bits per heavy atom. The number of rotatable bonds is 7. The molecular formula is C24H15BrI2N2O4.